The highest BCUT2D eigenvalue weighted by Crippen LogP contribution is 2.20. The minimum Gasteiger partial charge on any atom is -0.451 e. The van der Waals surface area contributed by atoms with Gasteiger partial charge in [-0.3, -0.25) is 4.79 Å². The zero-order valence-electron chi connectivity index (χ0n) is 10.4. The van der Waals surface area contributed by atoms with E-state index in [2.05, 4.69) is 0 Å². The quantitative estimate of drug-likeness (QED) is 0.881. The van der Waals surface area contributed by atoms with Crippen molar-refractivity contribution in [2.75, 3.05) is 19.7 Å². The Labute approximate surface area is 106 Å². The molecule has 1 N–H and O–H groups in total. The van der Waals surface area contributed by atoms with Gasteiger partial charge < -0.3 is 14.4 Å². The van der Waals surface area contributed by atoms with Crippen molar-refractivity contribution < 1.29 is 14.3 Å². The fourth-order valence-electron chi connectivity index (χ4n) is 1.95. The molecule has 18 heavy (non-hydrogen) atoms. The second kappa shape index (κ2) is 5.69. The number of fused-ring (bicyclic) bond motifs is 1. The van der Waals surface area contributed by atoms with Crippen molar-refractivity contribution in [2.45, 2.75) is 13.3 Å². The smallest absolute Gasteiger partial charge is 0.289 e. The number of carbonyl (C=O) groups excluding carboxylic acids is 1. The molecule has 1 heterocycles. The molecule has 0 aliphatic heterocycles. The number of nitrogens with zero attached hydrogens (tertiary/aromatic N) is 1. The summed E-state index contributed by atoms with van der Waals surface area (Å²) in [6.45, 7) is 2.92. The van der Waals surface area contributed by atoms with E-state index >= 15 is 0 Å². The van der Waals surface area contributed by atoms with E-state index < -0.39 is 0 Å². The van der Waals surface area contributed by atoms with Crippen molar-refractivity contribution in [1.82, 2.24) is 4.90 Å². The third kappa shape index (κ3) is 2.54. The van der Waals surface area contributed by atoms with Gasteiger partial charge in [0.05, 0.1) is 6.61 Å². The fraction of sp³-hybridized carbons (Fsp3) is 0.357. The highest BCUT2D eigenvalue weighted by Gasteiger charge is 2.18. The second-order valence-electron chi connectivity index (χ2n) is 4.16. The maximum Gasteiger partial charge on any atom is 0.289 e. The third-order valence-corrected chi connectivity index (χ3v) is 2.79. The Balaban J connectivity index is 2.25. The number of amides is 1. The summed E-state index contributed by atoms with van der Waals surface area (Å²) in [5.74, 6) is 0.167. The first kappa shape index (κ1) is 12.6. The number of carbonyl (C=O) groups is 1. The van der Waals surface area contributed by atoms with Crippen LogP contribution in [-0.4, -0.2) is 35.6 Å². The SMILES string of the molecule is CCCN(CCO)C(=O)c1cc2ccccc2o1. The lowest BCUT2D eigenvalue weighted by Crippen LogP contribution is -2.33. The largest absolute Gasteiger partial charge is 0.451 e. The second-order valence-corrected chi connectivity index (χ2v) is 4.16. The zero-order chi connectivity index (χ0) is 13.0. The molecule has 1 aromatic carbocycles. The fourth-order valence-corrected chi connectivity index (χ4v) is 1.95. The van der Waals surface area contributed by atoms with E-state index in [1.54, 1.807) is 11.0 Å². The molecule has 0 radical (unpaired) electrons. The number of para-hydroxylation sites is 1. The summed E-state index contributed by atoms with van der Waals surface area (Å²) in [7, 11) is 0. The van der Waals surface area contributed by atoms with Gasteiger partial charge in [0.15, 0.2) is 5.76 Å². The average molecular weight is 247 g/mol. The molecule has 0 spiro atoms. The molecule has 1 amide bonds. The van der Waals surface area contributed by atoms with E-state index in [-0.39, 0.29) is 12.5 Å². The maximum absolute atomic E-state index is 12.2. The Morgan fingerprint density at radius 3 is 2.78 bits per heavy atom. The van der Waals surface area contributed by atoms with Gasteiger partial charge in [0.25, 0.3) is 5.91 Å². The number of hydrogen-bond acceptors (Lipinski definition) is 3. The summed E-state index contributed by atoms with van der Waals surface area (Å²) >= 11 is 0. The van der Waals surface area contributed by atoms with E-state index in [4.69, 9.17) is 9.52 Å². The van der Waals surface area contributed by atoms with E-state index in [1.807, 2.05) is 31.2 Å². The van der Waals surface area contributed by atoms with Gasteiger partial charge in [-0.2, -0.15) is 0 Å². The predicted octanol–water partition coefficient (Wildman–Crippen LogP) is 2.28. The number of furan rings is 1. The van der Waals surface area contributed by atoms with Crippen molar-refractivity contribution in [3.05, 3.63) is 36.1 Å². The number of aliphatic hydroxyl groups is 1. The van der Waals surface area contributed by atoms with Gasteiger partial charge in [-0.25, -0.2) is 0 Å². The Bertz CT molecular complexity index is 494. The third-order valence-electron chi connectivity index (χ3n) is 2.79. The number of benzene rings is 1. The van der Waals surface area contributed by atoms with Gasteiger partial charge in [0.2, 0.25) is 0 Å². The number of aliphatic hydroxyl groups excluding tert-OH is 1. The molecule has 0 saturated carbocycles. The van der Waals surface area contributed by atoms with Crippen LogP contribution in [0.2, 0.25) is 0 Å². The Kier molecular flexibility index (Phi) is 3.99. The first-order valence-electron chi connectivity index (χ1n) is 6.15. The van der Waals surface area contributed by atoms with Crippen LogP contribution in [0.3, 0.4) is 0 Å². The minimum atomic E-state index is -0.165. The first-order chi connectivity index (χ1) is 8.76. The molecule has 1 aromatic heterocycles. The minimum absolute atomic E-state index is 0.0357. The van der Waals surface area contributed by atoms with Crippen LogP contribution in [0, 0.1) is 0 Å². The van der Waals surface area contributed by atoms with Crippen molar-refractivity contribution >= 4 is 16.9 Å². The van der Waals surface area contributed by atoms with Crippen LogP contribution in [0.25, 0.3) is 11.0 Å². The van der Waals surface area contributed by atoms with Gasteiger partial charge in [-0.1, -0.05) is 25.1 Å². The summed E-state index contributed by atoms with van der Waals surface area (Å²) in [5.41, 5.74) is 0.710. The summed E-state index contributed by atoms with van der Waals surface area (Å²) in [4.78, 5) is 13.8. The van der Waals surface area contributed by atoms with Gasteiger partial charge in [0.1, 0.15) is 5.58 Å². The molecular weight excluding hydrogens is 230 g/mol. The average Bonchev–Trinajstić information content (AvgIpc) is 2.81. The lowest BCUT2D eigenvalue weighted by Gasteiger charge is -2.19. The molecular formula is C14H17NO3. The molecule has 0 unspecified atom stereocenters. The summed E-state index contributed by atoms with van der Waals surface area (Å²) in [6, 6.07) is 9.27. The summed E-state index contributed by atoms with van der Waals surface area (Å²) < 4.78 is 5.53. The maximum atomic E-state index is 12.2. The molecule has 0 aliphatic rings. The van der Waals surface area contributed by atoms with Gasteiger partial charge in [0, 0.05) is 18.5 Å². The predicted molar refractivity (Wildman–Crippen MR) is 69.5 cm³/mol. The normalized spacial score (nSPS) is 10.8. The topological polar surface area (TPSA) is 53.7 Å². The monoisotopic (exact) mass is 247 g/mol. The lowest BCUT2D eigenvalue weighted by molar-refractivity contribution is 0.0692. The highest BCUT2D eigenvalue weighted by molar-refractivity contribution is 5.96. The first-order valence-corrected chi connectivity index (χ1v) is 6.15. The Hall–Kier alpha value is -1.81. The highest BCUT2D eigenvalue weighted by atomic mass is 16.3. The molecule has 96 valence electrons. The summed E-state index contributed by atoms with van der Waals surface area (Å²) in [5, 5.41) is 9.89. The molecule has 2 rings (SSSR count). The Morgan fingerprint density at radius 2 is 2.11 bits per heavy atom. The summed E-state index contributed by atoms with van der Waals surface area (Å²) in [6.07, 6.45) is 0.853. The van der Waals surface area contributed by atoms with E-state index in [0.717, 1.165) is 11.8 Å². The van der Waals surface area contributed by atoms with Crippen LogP contribution in [0.4, 0.5) is 0 Å². The molecule has 4 nitrogen and oxygen atoms in total. The molecule has 2 aromatic rings. The van der Waals surface area contributed by atoms with Gasteiger partial charge in [-0.15, -0.1) is 0 Å². The van der Waals surface area contributed by atoms with Crippen LogP contribution < -0.4 is 0 Å². The molecule has 0 aliphatic carbocycles. The molecule has 0 saturated heterocycles. The van der Waals surface area contributed by atoms with E-state index in [9.17, 15) is 4.79 Å². The van der Waals surface area contributed by atoms with Crippen LogP contribution in [0.5, 0.6) is 0 Å². The van der Waals surface area contributed by atoms with Crippen molar-refractivity contribution in [1.29, 1.82) is 0 Å². The van der Waals surface area contributed by atoms with Gasteiger partial charge >= 0.3 is 0 Å². The molecule has 0 bridgehead atoms. The molecule has 0 fully saturated rings. The van der Waals surface area contributed by atoms with Crippen LogP contribution >= 0.6 is 0 Å². The molecule has 0 atom stereocenters. The number of hydrogen-bond donors (Lipinski definition) is 1. The van der Waals surface area contributed by atoms with Crippen molar-refractivity contribution in [3.63, 3.8) is 0 Å². The van der Waals surface area contributed by atoms with E-state index in [1.165, 1.54) is 0 Å². The van der Waals surface area contributed by atoms with Crippen LogP contribution in [0.15, 0.2) is 34.7 Å². The lowest BCUT2D eigenvalue weighted by atomic mass is 10.2. The zero-order valence-corrected chi connectivity index (χ0v) is 10.4. The van der Waals surface area contributed by atoms with Crippen molar-refractivity contribution in [2.24, 2.45) is 0 Å². The Morgan fingerprint density at radius 1 is 1.33 bits per heavy atom. The van der Waals surface area contributed by atoms with Crippen molar-refractivity contribution in [3.8, 4) is 0 Å². The molecule has 4 heteroatoms. The van der Waals surface area contributed by atoms with Gasteiger partial charge in [-0.05, 0) is 18.6 Å². The van der Waals surface area contributed by atoms with Crippen LogP contribution in [-0.2, 0) is 0 Å². The van der Waals surface area contributed by atoms with E-state index in [0.29, 0.717) is 24.4 Å². The standard InChI is InChI=1S/C14H17NO3/c1-2-7-15(8-9-16)14(17)13-10-11-5-3-4-6-12(11)18-13/h3-6,10,16H,2,7-9H2,1H3. The van der Waals surface area contributed by atoms with Crippen LogP contribution in [0.1, 0.15) is 23.9 Å². The number of rotatable bonds is 5.